The third-order valence-electron chi connectivity index (χ3n) is 13.2. The van der Waals surface area contributed by atoms with Crippen LogP contribution in [0.1, 0.15) is 264 Å². The molecule has 71 heavy (non-hydrogen) atoms. The fraction of sp³-hybridized carbons (Fsp3) is 0.790. The second kappa shape index (κ2) is 52.8. The molecule has 0 saturated carbocycles. The van der Waals surface area contributed by atoms with E-state index in [1.54, 1.807) is 6.08 Å². The number of carbonyl (C=O) groups excluding carboxylic acids is 1. The lowest BCUT2D eigenvalue weighted by atomic mass is 10.0. The first-order valence-corrected chi connectivity index (χ1v) is 31.3. The minimum absolute atomic E-state index is 0.0146. The maximum atomic E-state index is 12.9. The van der Waals surface area contributed by atoms with Crippen LogP contribution in [0.2, 0.25) is 0 Å². The molecule has 0 aliphatic carbocycles. The molecule has 0 aromatic rings. The van der Waals surface area contributed by atoms with E-state index in [1.807, 2.05) is 27.2 Å². The number of carbonyl (C=O) groups is 1. The summed E-state index contributed by atoms with van der Waals surface area (Å²) < 4.78 is 23.3. The summed E-state index contributed by atoms with van der Waals surface area (Å²) in [5.41, 5.74) is 0. The number of phosphoric ester groups is 1. The van der Waals surface area contributed by atoms with Crippen molar-refractivity contribution in [2.45, 2.75) is 276 Å². The summed E-state index contributed by atoms with van der Waals surface area (Å²) in [4.78, 5) is 25.4. The predicted molar refractivity (Wildman–Crippen MR) is 307 cm³/mol. The van der Waals surface area contributed by atoms with Crippen molar-refractivity contribution in [3.05, 3.63) is 72.9 Å². The van der Waals surface area contributed by atoms with Crippen molar-refractivity contribution in [3.63, 3.8) is 0 Å². The number of unbranched alkanes of at least 4 members (excludes halogenated alkanes) is 31. The van der Waals surface area contributed by atoms with Crippen LogP contribution >= 0.6 is 7.82 Å². The first kappa shape index (κ1) is 68.9. The maximum Gasteiger partial charge on any atom is 0.268 e. The molecule has 8 nitrogen and oxygen atoms in total. The number of hydrogen-bond donors (Lipinski definition) is 2. The Morgan fingerprint density at radius 3 is 1.24 bits per heavy atom. The molecule has 0 fully saturated rings. The third-order valence-corrected chi connectivity index (χ3v) is 14.1. The minimum Gasteiger partial charge on any atom is -0.756 e. The van der Waals surface area contributed by atoms with Crippen molar-refractivity contribution in [1.29, 1.82) is 0 Å². The van der Waals surface area contributed by atoms with Crippen LogP contribution in [0.25, 0.3) is 0 Å². The van der Waals surface area contributed by atoms with Crippen LogP contribution < -0.4 is 10.2 Å². The number of amides is 1. The van der Waals surface area contributed by atoms with Gasteiger partial charge in [0, 0.05) is 6.42 Å². The van der Waals surface area contributed by atoms with Gasteiger partial charge in [0.05, 0.1) is 39.9 Å². The Hall–Kier alpha value is -2.06. The Morgan fingerprint density at radius 2 is 0.859 bits per heavy atom. The van der Waals surface area contributed by atoms with Gasteiger partial charge in [-0.25, -0.2) is 0 Å². The molecule has 0 heterocycles. The molecule has 414 valence electrons. The average molecular weight is 1020 g/mol. The summed E-state index contributed by atoms with van der Waals surface area (Å²) in [6.07, 6.45) is 73.0. The van der Waals surface area contributed by atoms with Crippen molar-refractivity contribution >= 4 is 13.7 Å². The topological polar surface area (TPSA) is 108 Å². The molecular formula is C62H115N2O6P. The van der Waals surface area contributed by atoms with E-state index in [0.717, 1.165) is 57.8 Å². The van der Waals surface area contributed by atoms with Gasteiger partial charge in [-0.1, -0.05) is 273 Å². The fourth-order valence-corrected chi connectivity index (χ4v) is 9.27. The van der Waals surface area contributed by atoms with Gasteiger partial charge >= 0.3 is 0 Å². The molecule has 3 unspecified atom stereocenters. The molecule has 3 atom stereocenters. The molecule has 0 spiro atoms. The van der Waals surface area contributed by atoms with Gasteiger partial charge in [0.15, 0.2) is 0 Å². The van der Waals surface area contributed by atoms with Gasteiger partial charge in [-0.05, 0) is 57.8 Å². The highest BCUT2D eigenvalue weighted by Gasteiger charge is 2.23. The highest BCUT2D eigenvalue weighted by atomic mass is 31.2. The fourth-order valence-electron chi connectivity index (χ4n) is 8.54. The monoisotopic (exact) mass is 1010 g/mol. The van der Waals surface area contributed by atoms with Gasteiger partial charge in [-0.2, -0.15) is 0 Å². The predicted octanol–water partition coefficient (Wildman–Crippen LogP) is 17.6. The zero-order valence-electron chi connectivity index (χ0n) is 47.2. The van der Waals surface area contributed by atoms with Gasteiger partial charge in [0.25, 0.3) is 7.82 Å². The SMILES string of the molecule is CC/C=C\C/C=C\C/C=C\C/C=C\C/C=C\CCCC(=O)NC(COP(=O)([O-])OCC[N+](C)(C)C)C(O)/C=C/CCCCCCCCCCCCCCCCCCCCCCCCCCCCCCCC. The van der Waals surface area contributed by atoms with Gasteiger partial charge in [0.1, 0.15) is 13.2 Å². The van der Waals surface area contributed by atoms with Crippen molar-refractivity contribution in [2.75, 3.05) is 40.9 Å². The number of hydrogen-bond acceptors (Lipinski definition) is 6. The van der Waals surface area contributed by atoms with Crippen molar-refractivity contribution < 1.29 is 32.9 Å². The molecular weight excluding hydrogens is 900 g/mol. The number of aliphatic hydroxyl groups excluding tert-OH is 1. The molecule has 0 saturated heterocycles. The Morgan fingerprint density at radius 1 is 0.507 bits per heavy atom. The quantitative estimate of drug-likeness (QED) is 0.0272. The van der Waals surface area contributed by atoms with E-state index in [4.69, 9.17) is 9.05 Å². The first-order chi connectivity index (χ1) is 34.5. The van der Waals surface area contributed by atoms with Crippen molar-refractivity contribution in [1.82, 2.24) is 5.32 Å². The normalized spacial score (nSPS) is 14.4. The Kier molecular flexibility index (Phi) is 51.3. The number of nitrogens with zero attached hydrogens (tertiary/aromatic N) is 1. The summed E-state index contributed by atoms with van der Waals surface area (Å²) in [5, 5.41) is 13.8. The van der Waals surface area contributed by atoms with Crippen LogP contribution in [-0.2, 0) is 18.4 Å². The number of likely N-dealkylation sites (N-methyl/N-ethyl adjacent to an activating group) is 1. The molecule has 0 aliphatic rings. The van der Waals surface area contributed by atoms with Crippen LogP contribution in [0.15, 0.2) is 72.9 Å². The van der Waals surface area contributed by atoms with Crippen LogP contribution in [0, 0.1) is 0 Å². The molecule has 9 heteroatoms. The maximum absolute atomic E-state index is 12.9. The van der Waals surface area contributed by atoms with E-state index < -0.39 is 26.6 Å². The zero-order chi connectivity index (χ0) is 52.0. The number of phosphoric acid groups is 1. The van der Waals surface area contributed by atoms with Crippen molar-refractivity contribution in [3.8, 4) is 0 Å². The number of nitrogens with one attached hydrogen (secondary N) is 1. The lowest BCUT2D eigenvalue weighted by Gasteiger charge is -2.29. The summed E-state index contributed by atoms with van der Waals surface area (Å²) in [5.74, 6) is -0.254. The van der Waals surface area contributed by atoms with Gasteiger partial charge in [-0.15, -0.1) is 0 Å². The highest BCUT2D eigenvalue weighted by Crippen LogP contribution is 2.38. The average Bonchev–Trinajstić information content (AvgIpc) is 3.33. The lowest BCUT2D eigenvalue weighted by molar-refractivity contribution is -0.870. The van der Waals surface area contributed by atoms with E-state index in [9.17, 15) is 19.4 Å². The van der Waals surface area contributed by atoms with Gasteiger partial charge in [-0.3, -0.25) is 9.36 Å². The van der Waals surface area contributed by atoms with E-state index >= 15 is 0 Å². The first-order valence-electron chi connectivity index (χ1n) is 29.8. The summed E-state index contributed by atoms with van der Waals surface area (Å²) in [7, 11) is 1.22. The smallest absolute Gasteiger partial charge is 0.268 e. The molecule has 0 aliphatic heterocycles. The Bertz CT molecular complexity index is 1380. The van der Waals surface area contributed by atoms with E-state index in [-0.39, 0.29) is 18.9 Å². The molecule has 2 N–H and O–H groups in total. The molecule has 0 bridgehead atoms. The Balaban J connectivity index is 4.15. The standard InChI is InChI=1S/C62H115N2O6P/c1-6-8-10-12-14-16-18-20-22-24-25-26-27-28-29-30-31-32-33-34-35-36-37-38-40-41-43-45-47-49-51-53-55-61(65)60(59-70-71(67,68)69-58-57-64(3,4)5)63-62(66)56-54-52-50-48-46-44-42-39-23-21-19-17-15-13-11-9-7-2/h9,11,15,17,21,23,42,44,48,50,53,55,60-61,65H,6-8,10,12-14,16,18-20,22,24-41,43,45-47,49,51-52,54,56-59H2,1-5H3,(H-,63,66,67,68)/b11-9-,17-15-,23-21-,44-42-,50-48-,55-53+. The second-order valence-corrected chi connectivity index (χ2v) is 22.7. The van der Waals surface area contributed by atoms with E-state index in [0.29, 0.717) is 17.4 Å². The van der Waals surface area contributed by atoms with Crippen LogP contribution in [0.3, 0.4) is 0 Å². The second-order valence-electron chi connectivity index (χ2n) is 21.3. The van der Waals surface area contributed by atoms with Crippen LogP contribution in [-0.4, -0.2) is 68.5 Å². The number of quaternary nitrogens is 1. The lowest BCUT2D eigenvalue weighted by Crippen LogP contribution is -2.45. The number of rotatable bonds is 54. The molecule has 1 amide bonds. The summed E-state index contributed by atoms with van der Waals surface area (Å²) >= 11 is 0. The van der Waals surface area contributed by atoms with E-state index in [1.165, 1.54) is 180 Å². The van der Waals surface area contributed by atoms with E-state index in [2.05, 4.69) is 79.9 Å². The zero-order valence-corrected chi connectivity index (χ0v) is 48.1. The minimum atomic E-state index is -4.62. The highest BCUT2D eigenvalue weighted by molar-refractivity contribution is 7.45. The largest absolute Gasteiger partial charge is 0.756 e. The summed E-state index contributed by atoms with van der Waals surface area (Å²) in [6.45, 7) is 4.51. The molecule has 0 aromatic heterocycles. The Labute approximate surface area is 440 Å². The molecule has 0 radical (unpaired) electrons. The molecule has 0 aromatic carbocycles. The third kappa shape index (κ3) is 55.5. The van der Waals surface area contributed by atoms with Crippen LogP contribution in [0.4, 0.5) is 0 Å². The van der Waals surface area contributed by atoms with Crippen molar-refractivity contribution in [2.24, 2.45) is 0 Å². The number of aliphatic hydroxyl groups is 1. The van der Waals surface area contributed by atoms with Gasteiger partial charge in [0.2, 0.25) is 5.91 Å². The van der Waals surface area contributed by atoms with Gasteiger partial charge < -0.3 is 28.8 Å². The number of allylic oxidation sites excluding steroid dienone is 11. The van der Waals surface area contributed by atoms with Crippen LogP contribution in [0.5, 0.6) is 0 Å². The molecule has 0 rings (SSSR count). The summed E-state index contributed by atoms with van der Waals surface area (Å²) in [6, 6.07) is -0.921.